The fraction of sp³-hybridized carbons (Fsp3) is 0.950. The lowest BCUT2D eigenvalue weighted by molar-refractivity contribution is 0.0487. The van der Waals surface area contributed by atoms with E-state index in [4.69, 9.17) is 9.47 Å². The molecule has 2 fully saturated rings. The highest BCUT2D eigenvalue weighted by molar-refractivity contribution is 5.79. The molecule has 0 bridgehead atoms. The maximum atomic E-state index is 5.59. The monoisotopic (exact) mass is 368 g/mol. The van der Waals surface area contributed by atoms with Gasteiger partial charge in [0.1, 0.15) is 0 Å². The predicted octanol–water partition coefficient (Wildman–Crippen LogP) is 2.39. The molecule has 0 amide bonds. The molecule has 0 atom stereocenters. The Bertz CT molecular complexity index is 378. The molecule has 152 valence electrons. The molecule has 26 heavy (non-hydrogen) atoms. The fourth-order valence-corrected chi connectivity index (χ4v) is 3.88. The van der Waals surface area contributed by atoms with E-state index >= 15 is 0 Å². The summed E-state index contributed by atoms with van der Waals surface area (Å²) in [4.78, 5) is 7.05. The van der Waals surface area contributed by atoms with E-state index in [1.165, 1.54) is 58.0 Å². The molecule has 6 nitrogen and oxygen atoms in total. The summed E-state index contributed by atoms with van der Waals surface area (Å²) in [5, 5.41) is 6.93. The van der Waals surface area contributed by atoms with Gasteiger partial charge in [0, 0.05) is 45.4 Å². The Balaban J connectivity index is 1.49. The average Bonchev–Trinajstić information content (AvgIpc) is 3.21. The van der Waals surface area contributed by atoms with Crippen LogP contribution >= 0.6 is 0 Å². The largest absolute Gasteiger partial charge is 0.379 e. The first-order chi connectivity index (χ1) is 12.8. The Labute approximate surface area is 160 Å². The SMILES string of the molecule is CCCCOCCOCCNC(=NC)NC1CCN(C2CCCC2)CC1. The van der Waals surface area contributed by atoms with E-state index in [2.05, 4.69) is 27.4 Å². The van der Waals surface area contributed by atoms with Crippen LogP contribution in [-0.4, -0.2) is 76.1 Å². The molecule has 0 aromatic carbocycles. The zero-order chi connectivity index (χ0) is 18.5. The summed E-state index contributed by atoms with van der Waals surface area (Å²) in [5.74, 6) is 0.895. The average molecular weight is 369 g/mol. The molecular formula is C20H40N4O2. The van der Waals surface area contributed by atoms with Gasteiger partial charge in [-0.15, -0.1) is 0 Å². The molecule has 1 saturated heterocycles. The zero-order valence-corrected chi connectivity index (χ0v) is 17.0. The van der Waals surface area contributed by atoms with Gasteiger partial charge >= 0.3 is 0 Å². The normalized spacial score (nSPS) is 20.6. The van der Waals surface area contributed by atoms with Gasteiger partial charge in [0.05, 0.1) is 19.8 Å². The van der Waals surface area contributed by atoms with Crippen LogP contribution in [0, 0.1) is 0 Å². The van der Waals surface area contributed by atoms with Crippen LogP contribution in [0.4, 0.5) is 0 Å². The standard InChI is InChI=1S/C20H40N4O2/c1-3-4-14-25-16-17-26-15-11-22-20(21-2)23-18-9-12-24(13-10-18)19-7-5-6-8-19/h18-19H,3-17H2,1-2H3,(H2,21,22,23). The van der Waals surface area contributed by atoms with Gasteiger partial charge in [-0.05, 0) is 32.1 Å². The molecule has 0 spiro atoms. The number of piperidine rings is 1. The smallest absolute Gasteiger partial charge is 0.191 e. The Kier molecular flexibility index (Phi) is 11.0. The molecule has 2 N–H and O–H groups in total. The van der Waals surface area contributed by atoms with Crippen molar-refractivity contribution in [2.45, 2.75) is 70.4 Å². The third kappa shape index (κ3) is 8.23. The number of guanidine groups is 1. The summed E-state index contributed by atoms with van der Waals surface area (Å²) < 4.78 is 11.1. The molecule has 0 aromatic rings. The molecule has 1 aliphatic carbocycles. The highest BCUT2D eigenvalue weighted by Crippen LogP contribution is 2.26. The maximum absolute atomic E-state index is 5.59. The van der Waals surface area contributed by atoms with Crippen LogP contribution in [0.1, 0.15) is 58.3 Å². The summed E-state index contributed by atoms with van der Waals surface area (Å²) in [5.41, 5.74) is 0. The first kappa shape index (κ1) is 21.5. The van der Waals surface area contributed by atoms with Gasteiger partial charge in [-0.25, -0.2) is 0 Å². The maximum Gasteiger partial charge on any atom is 0.191 e. The van der Waals surface area contributed by atoms with Crippen molar-refractivity contribution in [3.8, 4) is 0 Å². The van der Waals surface area contributed by atoms with Gasteiger partial charge in [0.2, 0.25) is 0 Å². The number of hydrogen-bond donors (Lipinski definition) is 2. The summed E-state index contributed by atoms with van der Waals surface area (Å²) >= 11 is 0. The predicted molar refractivity (Wildman–Crippen MR) is 108 cm³/mol. The minimum atomic E-state index is 0.534. The topological polar surface area (TPSA) is 58.1 Å². The Morgan fingerprint density at radius 3 is 2.35 bits per heavy atom. The molecular weight excluding hydrogens is 328 g/mol. The molecule has 2 aliphatic rings. The van der Waals surface area contributed by atoms with Crippen LogP contribution in [0.15, 0.2) is 4.99 Å². The Morgan fingerprint density at radius 1 is 1.00 bits per heavy atom. The van der Waals surface area contributed by atoms with E-state index < -0.39 is 0 Å². The first-order valence-corrected chi connectivity index (χ1v) is 10.7. The number of nitrogens with one attached hydrogen (secondary N) is 2. The second kappa shape index (κ2) is 13.3. The van der Waals surface area contributed by atoms with Crippen LogP contribution in [0.2, 0.25) is 0 Å². The van der Waals surface area contributed by atoms with Crippen molar-refractivity contribution in [3.63, 3.8) is 0 Å². The van der Waals surface area contributed by atoms with Crippen molar-refractivity contribution < 1.29 is 9.47 Å². The summed E-state index contributed by atoms with van der Waals surface area (Å²) in [7, 11) is 1.84. The molecule has 1 aliphatic heterocycles. The molecule has 1 heterocycles. The summed E-state index contributed by atoms with van der Waals surface area (Å²) in [6.45, 7) is 8.26. The van der Waals surface area contributed by atoms with Crippen molar-refractivity contribution in [2.75, 3.05) is 53.1 Å². The number of unbranched alkanes of at least 4 members (excludes halogenated alkanes) is 1. The van der Waals surface area contributed by atoms with Crippen molar-refractivity contribution in [1.82, 2.24) is 15.5 Å². The van der Waals surface area contributed by atoms with Gasteiger partial charge in [-0.2, -0.15) is 0 Å². The lowest BCUT2D eigenvalue weighted by Gasteiger charge is -2.36. The van der Waals surface area contributed by atoms with Crippen LogP contribution in [0.5, 0.6) is 0 Å². The van der Waals surface area contributed by atoms with Crippen LogP contribution < -0.4 is 10.6 Å². The minimum Gasteiger partial charge on any atom is -0.379 e. The molecule has 6 heteroatoms. The van der Waals surface area contributed by atoms with E-state index in [9.17, 15) is 0 Å². The Hall–Kier alpha value is -0.850. The van der Waals surface area contributed by atoms with Crippen molar-refractivity contribution in [3.05, 3.63) is 0 Å². The lowest BCUT2D eigenvalue weighted by Crippen LogP contribution is -2.50. The second-order valence-electron chi connectivity index (χ2n) is 7.47. The van der Waals surface area contributed by atoms with E-state index in [1.807, 2.05) is 7.05 Å². The van der Waals surface area contributed by atoms with Crippen molar-refractivity contribution in [2.24, 2.45) is 4.99 Å². The molecule has 1 saturated carbocycles. The van der Waals surface area contributed by atoms with Crippen LogP contribution in [0.25, 0.3) is 0 Å². The fourth-order valence-electron chi connectivity index (χ4n) is 3.88. The highest BCUT2D eigenvalue weighted by Gasteiger charge is 2.27. The molecule has 0 radical (unpaired) electrons. The third-order valence-corrected chi connectivity index (χ3v) is 5.49. The second-order valence-corrected chi connectivity index (χ2v) is 7.47. The van der Waals surface area contributed by atoms with Gasteiger partial charge in [0.15, 0.2) is 5.96 Å². The first-order valence-electron chi connectivity index (χ1n) is 10.7. The van der Waals surface area contributed by atoms with Gasteiger partial charge in [-0.3, -0.25) is 4.99 Å². The van der Waals surface area contributed by atoms with Gasteiger partial charge in [-0.1, -0.05) is 26.2 Å². The van der Waals surface area contributed by atoms with Gasteiger partial charge in [0.25, 0.3) is 0 Å². The number of nitrogens with zero attached hydrogens (tertiary/aromatic N) is 2. The van der Waals surface area contributed by atoms with Crippen LogP contribution in [0.3, 0.4) is 0 Å². The molecule has 0 aromatic heterocycles. The Morgan fingerprint density at radius 2 is 1.69 bits per heavy atom. The summed E-state index contributed by atoms with van der Waals surface area (Å²) in [6.07, 6.45) is 10.4. The van der Waals surface area contributed by atoms with Gasteiger partial charge < -0.3 is 25.0 Å². The lowest BCUT2D eigenvalue weighted by atomic mass is 10.0. The van der Waals surface area contributed by atoms with E-state index in [0.29, 0.717) is 25.9 Å². The summed E-state index contributed by atoms with van der Waals surface area (Å²) in [6, 6.07) is 1.39. The number of hydrogen-bond acceptors (Lipinski definition) is 4. The number of aliphatic imine (C=N–C) groups is 1. The number of ether oxygens (including phenoxy) is 2. The van der Waals surface area contributed by atoms with Crippen molar-refractivity contribution >= 4 is 5.96 Å². The molecule has 2 rings (SSSR count). The molecule has 0 unspecified atom stereocenters. The quantitative estimate of drug-likeness (QED) is 0.333. The zero-order valence-electron chi connectivity index (χ0n) is 17.0. The highest BCUT2D eigenvalue weighted by atomic mass is 16.5. The van der Waals surface area contributed by atoms with E-state index in [0.717, 1.165) is 31.6 Å². The minimum absolute atomic E-state index is 0.534. The number of likely N-dealkylation sites (tertiary alicyclic amines) is 1. The van der Waals surface area contributed by atoms with Crippen molar-refractivity contribution in [1.29, 1.82) is 0 Å². The van der Waals surface area contributed by atoms with E-state index in [1.54, 1.807) is 0 Å². The third-order valence-electron chi connectivity index (χ3n) is 5.49. The van der Waals surface area contributed by atoms with Crippen LogP contribution in [-0.2, 0) is 9.47 Å². The van der Waals surface area contributed by atoms with E-state index in [-0.39, 0.29) is 0 Å². The number of rotatable bonds is 11.